The molecule has 2 aromatic carbocycles. The van der Waals surface area contributed by atoms with E-state index in [1.165, 1.54) is 4.90 Å². The van der Waals surface area contributed by atoms with Crippen LogP contribution in [0.1, 0.15) is 45.4 Å². The van der Waals surface area contributed by atoms with Gasteiger partial charge in [0.15, 0.2) is 0 Å². The molecule has 3 aromatic rings. The monoisotopic (exact) mass is 462 g/mol. The summed E-state index contributed by atoms with van der Waals surface area (Å²) in [5.41, 5.74) is 2.53. The lowest BCUT2D eigenvalue weighted by Gasteiger charge is -2.21. The van der Waals surface area contributed by atoms with E-state index in [2.05, 4.69) is 26.1 Å². The van der Waals surface area contributed by atoms with Gasteiger partial charge in [0.1, 0.15) is 12.4 Å². The highest BCUT2D eigenvalue weighted by atomic mass is 16.5. The average molecular weight is 463 g/mol. The summed E-state index contributed by atoms with van der Waals surface area (Å²) in [6.07, 6.45) is 0.744. The molecule has 0 saturated heterocycles. The van der Waals surface area contributed by atoms with Gasteiger partial charge in [-0.3, -0.25) is 9.59 Å². The fourth-order valence-electron chi connectivity index (χ4n) is 3.44. The molecule has 0 radical (unpaired) electrons. The lowest BCUT2D eigenvalue weighted by Crippen LogP contribution is -2.40. The van der Waals surface area contributed by atoms with Crippen molar-refractivity contribution < 1.29 is 14.3 Å². The molecule has 1 heterocycles. The number of amides is 2. The van der Waals surface area contributed by atoms with E-state index >= 15 is 0 Å². The van der Waals surface area contributed by atoms with Crippen molar-refractivity contribution in [3.8, 4) is 5.69 Å². The predicted molar refractivity (Wildman–Crippen MR) is 134 cm³/mol. The Kier molecular flexibility index (Phi) is 8.60. The maximum absolute atomic E-state index is 13.0. The van der Waals surface area contributed by atoms with E-state index in [1.807, 2.05) is 73.7 Å². The van der Waals surface area contributed by atoms with Gasteiger partial charge in [0.25, 0.3) is 0 Å². The zero-order chi connectivity index (χ0) is 24.6. The summed E-state index contributed by atoms with van der Waals surface area (Å²) in [4.78, 5) is 27.2. The van der Waals surface area contributed by atoms with Gasteiger partial charge in [0, 0.05) is 18.0 Å². The molecule has 0 aliphatic heterocycles. The molecule has 0 saturated carbocycles. The molecular formula is C27H34N4O3. The van der Waals surface area contributed by atoms with Crippen LogP contribution in [0.5, 0.6) is 0 Å². The molecule has 34 heavy (non-hydrogen) atoms. The zero-order valence-corrected chi connectivity index (χ0v) is 20.5. The molecule has 0 bridgehead atoms. The number of nitrogens with zero attached hydrogens (tertiary/aromatic N) is 3. The lowest BCUT2D eigenvalue weighted by molar-refractivity contribution is -0.139. The number of anilines is 1. The van der Waals surface area contributed by atoms with Gasteiger partial charge in [0.2, 0.25) is 11.8 Å². The second-order valence-corrected chi connectivity index (χ2v) is 9.25. The summed E-state index contributed by atoms with van der Waals surface area (Å²) in [6.45, 7) is 8.92. The van der Waals surface area contributed by atoms with E-state index in [0.29, 0.717) is 19.0 Å². The maximum Gasteiger partial charge on any atom is 0.249 e. The summed E-state index contributed by atoms with van der Waals surface area (Å²) in [6, 6.07) is 21.2. The summed E-state index contributed by atoms with van der Waals surface area (Å²) in [5.74, 6) is 0.0904. The van der Waals surface area contributed by atoms with Crippen molar-refractivity contribution >= 4 is 17.6 Å². The Morgan fingerprint density at radius 2 is 1.68 bits per heavy atom. The van der Waals surface area contributed by atoms with Gasteiger partial charge in [-0.1, -0.05) is 76.2 Å². The number of para-hydroxylation sites is 1. The Bertz CT molecular complexity index is 1070. The second-order valence-electron chi connectivity index (χ2n) is 9.25. The van der Waals surface area contributed by atoms with Gasteiger partial charge < -0.3 is 15.0 Å². The summed E-state index contributed by atoms with van der Waals surface area (Å²) in [7, 11) is 0. The lowest BCUT2D eigenvalue weighted by atomic mass is 9.92. The first kappa shape index (κ1) is 25.2. The molecule has 0 fully saturated rings. The Labute approximate surface area is 201 Å². The zero-order valence-electron chi connectivity index (χ0n) is 20.5. The predicted octanol–water partition coefficient (Wildman–Crippen LogP) is 4.56. The van der Waals surface area contributed by atoms with E-state index < -0.39 is 0 Å². The van der Waals surface area contributed by atoms with Crippen LogP contribution in [0.15, 0.2) is 66.7 Å². The van der Waals surface area contributed by atoms with Gasteiger partial charge in [-0.05, 0) is 24.1 Å². The van der Waals surface area contributed by atoms with Gasteiger partial charge in [-0.15, -0.1) is 0 Å². The molecule has 0 aliphatic rings. The quantitative estimate of drug-likeness (QED) is 0.479. The molecule has 7 heteroatoms. The van der Waals surface area contributed by atoms with Gasteiger partial charge in [-0.2, -0.15) is 5.10 Å². The standard InChI is InChI=1S/C27H34N4O3/c1-5-16-30(26(33)20-34-19-21-12-8-6-9-13-21)18-25(32)28-24-17-23(27(2,3)4)29-31(24)22-14-10-7-11-15-22/h6-15,17H,5,16,18-20H2,1-4H3,(H,28,32). The Hall–Kier alpha value is -3.45. The fourth-order valence-corrected chi connectivity index (χ4v) is 3.44. The first-order valence-electron chi connectivity index (χ1n) is 11.6. The van der Waals surface area contributed by atoms with Crippen LogP contribution < -0.4 is 5.32 Å². The van der Waals surface area contributed by atoms with Crippen molar-refractivity contribution in [3.63, 3.8) is 0 Å². The van der Waals surface area contributed by atoms with Crippen molar-refractivity contribution in [1.29, 1.82) is 0 Å². The number of carbonyl (C=O) groups is 2. The van der Waals surface area contributed by atoms with Crippen molar-refractivity contribution in [3.05, 3.63) is 78.0 Å². The van der Waals surface area contributed by atoms with Crippen LogP contribution in [0.4, 0.5) is 5.82 Å². The van der Waals surface area contributed by atoms with E-state index in [9.17, 15) is 9.59 Å². The SMILES string of the molecule is CCCN(CC(=O)Nc1cc(C(C)(C)C)nn1-c1ccccc1)C(=O)COCc1ccccc1. The normalized spacial score (nSPS) is 11.3. The first-order valence-corrected chi connectivity index (χ1v) is 11.6. The highest BCUT2D eigenvalue weighted by Gasteiger charge is 2.23. The molecule has 0 unspecified atom stereocenters. The number of hydrogen-bond donors (Lipinski definition) is 1. The topological polar surface area (TPSA) is 76.5 Å². The second kappa shape index (κ2) is 11.6. The van der Waals surface area contributed by atoms with Crippen LogP contribution >= 0.6 is 0 Å². The van der Waals surface area contributed by atoms with Crippen LogP contribution in [0.25, 0.3) is 5.69 Å². The van der Waals surface area contributed by atoms with Crippen LogP contribution in [0, 0.1) is 0 Å². The number of benzene rings is 2. The molecule has 7 nitrogen and oxygen atoms in total. The van der Waals surface area contributed by atoms with Gasteiger partial charge >= 0.3 is 0 Å². The van der Waals surface area contributed by atoms with Crippen LogP contribution in [0.2, 0.25) is 0 Å². The van der Waals surface area contributed by atoms with Crippen molar-refractivity contribution in [1.82, 2.24) is 14.7 Å². The molecule has 0 aliphatic carbocycles. The number of rotatable bonds is 10. The van der Waals surface area contributed by atoms with Gasteiger partial charge in [0.05, 0.1) is 24.5 Å². The third-order valence-electron chi connectivity index (χ3n) is 5.26. The number of nitrogens with one attached hydrogen (secondary N) is 1. The molecule has 180 valence electrons. The minimum Gasteiger partial charge on any atom is -0.367 e. The van der Waals surface area contributed by atoms with E-state index in [1.54, 1.807) is 4.68 Å². The molecule has 2 amide bonds. The summed E-state index contributed by atoms with van der Waals surface area (Å²) in [5, 5.41) is 7.68. The minimum absolute atomic E-state index is 0.0494. The summed E-state index contributed by atoms with van der Waals surface area (Å²) >= 11 is 0. The van der Waals surface area contributed by atoms with Crippen molar-refractivity contribution in [2.75, 3.05) is 25.0 Å². The van der Waals surface area contributed by atoms with Crippen LogP contribution in [0.3, 0.4) is 0 Å². The molecule has 0 atom stereocenters. The summed E-state index contributed by atoms with van der Waals surface area (Å²) < 4.78 is 7.32. The largest absolute Gasteiger partial charge is 0.367 e. The third kappa shape index (κ3) is 7.02. The van der Waals surface area contributed by atoms with Gasteiger partial charge in [-0.25, -0.2) is 4.68 Å². The molecular weight excluding hydrogens is 428 g/mol. The number of hydrogen-bond acceptors (Lipinski definition) is 4. The Morgan fingerprint density at radius 1 is 1.03 bits per heavy atom. The minimum atomic E-state index is -0.276. The molecule has 1 N–H and O–H groups in total. The van der Waals surface area contributed by atoms with E-state index in [4.69, 9.17) is 9.84 Å². The maximum atomic E-state index is 13.0. The van der Waals surface area contributed by atoms with Crippen LogP contribution in [-0.4, -0.2) is 46.2 Å². The molecule has 1 aromatic heterocycles. The van der Waals surface area contributed by atoms with E-state index in [-0.39, 0.29) is 30.4 Å². The third-order valence-corrected chi connectivity index (χ3v) is 5.26. The Balaban J connectivity index is 1.67. The first-order chi connectivity index (χ1) is 16.3. The number of carbonyl (C=O) groups excluding carboxylic acids is 2. The smallest absolute Gasteiger partial charge is 0.249 e. The van der Waals surface area contributed by atoms with E-state index in [0.717, 1.165) is 23.4 Å². The highest BCUT2D eigenvalue weighted by Crippen LogP contribution is 2.26. The fraction of sp³-hybridized carbons (Fsp3) is 0.370. The van der Waals surface area contributed by atoms with Crippen molar-refractivity contribution in [2.24, 2.45) is 0 Å². The van der Waals surface area contributed by atoms with Crippen molar-refractivity contribution in [2.45, 2.75) is 46.1 Å². The highest BCUT2D eigenvalue weighted by molar-refractivity contribution is 5.94. The molecule has 3 rings (SSSR count). The van der Waals surface area contributed by atoms with Crippen LogP contribution in [-0.2, 0) is 26.3 Å². The number of aromatic nitrogens is 2. The average Bonchev–Trinajstić information content (AvgIpc) is 3.24. The Morgan fingerprint density at radius 3 is 2.29 bits per heavy atom. The number of ether oxygens (including phenoxy) is 1. The molecule has 0 spiro atoms.